The van der Waals surface area contributed by atoms with Crippen LogP contribution in [0, 0.1) is 0 Å². The zero-order valence-electron chi connectivity index (χ0n) is 13.2. The lowest BCUT2D eigenvalue weighted by Crippen LogP contribution is -2.31. The maximum absolute atomic E-state index is 12.3. The van der Waals surface area contributed by atoms with Gasteiger partial charge in [0, 0.05) is 7.11 Å². The van der Waals surface area contributed by atoms with Crippen LogP contribution in [-0.2, 0) is 19.0 Å². The van der Waals surface area contributed by atoms with Gasteiger partial charge in [0.05, 0.1) is 12.7 Å². The predicted octanol–water partition coefficient (Wildman–Crippen LogP) is 3.43. The summed E-state index contributed by atoms with van der Waals surface area (Å²) in [6, 6.07) is 9.34. The Bertz CT molecular complexity index is 483. The Labute approximate surface area is 132 Å². The van der Waals surface area contributed by atoms with E-state index in [1.165, 1.54) is 7.11 Å². The third-order valence-electron chi connectivity index (χ3n) is 3.68. The van der Waals surface area contributed by atoms with Crippen molar-refractivity contribution in [3.8, 4) is 0 Å². The van der Waals surface area contributed by atoms with Crippen LogP contribution >= 0.6 is 0 Å². The molecule has 0 amide bonds. The summed E-state index contributed by atoms with van der Waals surface area (Å²) in [7, 11) is 1.51. The van der Waals surface area contributed by atoms with E-state index in [-0.39, 0.29) is 18.2 Å². The van der Waals surface area contributed by atoms with Crippen molar-refractivity contribution in [2.75, 3.05) is 13.7 Å². The minimum Gasteiger partial charge on any atom is -0.453 e. The molecule has 0 radical (unpaired) electrons. The number of unbranched alkanes of at least 4 members (excludes halogenated alkanes) is 1. The minimum atomic E-state index is -0.701. The van der Waals surface area contributed by atoms with Gasteiger partial charge in [-0.2, -0.15) is 0 Å². The molecular weight excluding hydrogens is 280 g/mol. The first kappa shape index (κ1) is 16.7. The summed E-state index contributed by atoms with van der Waals surface area (Å²) in [4.78, 5) is 12.3. The number of hydrogen-bond acceptors (Lipinski definition) is 4. The largest absolute Gasteiger partial charge is 0.453 e. The maximum atomic E-state index is 12.3. The third-order valence-corrected chi connectivity index (χ3v) is 3.68. The van der Waals surface area contributed by atoms with Crippen LogP contribution in [0.2, 0.25) is 0 Å². The average Bonchev–Trinajstić information content (AvgIpc) is 2.56. The molecule has 2 rings (SSSR count). The fourth-order valence-electron chi connectivity index (χ4n) is 2.44. The van der Waals surface area contributed by atoms with Crippen LogP contribution in [0.5, 0.6) is 0 Å². The number of hydrogen-bond donors (Lipinski definition) is 0. The van der Waals surface area contributed by atoms with Crippen LogP contribution in [0.1, 0.15) is 37.9 Å². The van der Waals surface area contributed by atoms with E-state index in [9.17, 15) is 4.79 Å². The Balaban J connectivity index is 1.89. The summed E-state index contributed by atoms with van der Waals surface area (Å²) < 4.78 is 16.5. The van der Waals surface area contributed by atoms with Crippen LogP contribution in [0.4, 0.5) is 0 Å². The molecule has 22 heavy (non-hydrogen) atoms. The molecule has 1 heterocycles. The highest BCUT2D eigenvalue weighted by Gasteiger charge is 2.26. The summed E-state index contributed by atoms with van der Waals surface area (Å²) in [6.07, 6.45) is 6.30. The first-order valence-corrected chi connectivity index (χ1v) is 7.82. The SMILES string of the molecule is CCCC[C@@H]1C=C[C@H](OC(=O)[C@@H](OC)c2ccccc2)CO1. The molecule has 3 atom stereocenters. The van der Waals surface area contributed by atoms with Gasteiger partial charge in [-0.15, -0.1) is 0 Å². The van der Waals surface area contributed by atoms with Crippen molar-refractivity contribution in [2.45, 2.75) is 44.5 Å². The van der Waals surface area contributed by atoms with Gasteiger partial charge in [-0.05, 0) is 18.1 Å². The number of carbonyl (C=O) groups is 1. The Morgan fingerprint density at radius 2 is 2.09 bits per heavy atom. The molecule has 1 aromatic rings. The molecular formula is C18H24O4. The van der Waals surface area contributed by atoms with Crippen LogP contribution in [0.25, 0.3) is 0 Å². The molecule has 120 valence electrons. The van der Waals surface area contributed by atoms with Crippen molar-refractivity contribution in [1.82, 2.24) is 0 Å². The molecule has 4 heteroatoms. The number of rotatable bonds is 7. The molecule has 0 fully saturated rings. The lowest BCUT2D eigenvalue weighted by atomic mass is 10.1. The number of esters is 1. The first-order valence-electron chi connectivity index (χ1n) is 7.82. The van der Waals surface area contributed by atoms with E-state index in [0.29, 0.717) is 6.61 Å². The second-order valence-electron chi connectivity index (χ2n) is 5.40. The van der Waals surface area contributed by atoms with Crippen molar-refractivity contribution < 1.29 is 19.0 Å². The summed E-state index contributed by atoms with van der Waals surface area (Å²) >= 11 is 0. The molecule has 0 aromatic heterocycles. The summed E-state index contributed by atoms with van der Waals surface area (Å²) in [6.45, 7) is 2.56. The van der Waals surface area contributed by atoms with E-state index in [4.69, 9.17) is 14.2 Å². The van der Waals surface area contributed by atoms with Gasteiger partial charge in [0.25, 0.3) is 0 Å². The monoisotopic (exact) mass is 304 g/mol. The van der Waals surface area contributed by atoms with Crippen molar-refractivity contribution in [2.24, 2.45) is 0 Å². The second kappa shape index (κ2) is 8.71. The van der Waals surface area contributed by atoms with Gasteiger partial charge in [-0.25, -0.2) is 4.79 Å². The smallest absolute Gasteiger partial charge is 0.340 e. The van der Waals surface area contributed by atoms with Crippen molar-refractivity contribution in [3.63, 3.8) is 0 Å². The molecule has 0 bridgehead atoms. The Kier molecular flexibility index (Phi) is 6.62. The Hall–Kier alpha value is -1.65. The zero-order chi connectivity index (χ0) is 15.8. The van der Waals surface area contributed by atoms with E-state index in [2.05, 4.69) is 6.92 Å². The van der Waals surface area contributed by atoms with E-state index in [1.54, 1.807) is 0 Å². The third kappa shape index (κ3) is 4.68. The zero-order valence-corrected chi connectivity index (χ0v) is 13.2. The highest BCUT2D eigenvalue weighted by Crippen LogP contribution is 2.20. The summed E-state index contributed by atoms with van der Waals surface area (Å²) in [5.41, 5.74) is 0.788. The first-order chi connectivity index (χ1) is 10.7. The van der Waals surface area contributed by atoms with Crippen LogP contribution in [0.3, 0.4) is 0 Å². The second-order valence-corrected chi connectivity index (χ2v) is 5.40. The molecule has 1 aliphatic heterocycles. The molecule has 1 aliphatic rings. The van der Waals surface area contributed by atoms with E-state index < -0.39 is 6.10 Å². The summed E-state index contributed by atoms with van der Waals surface area (Å²) in [5.74, 6) is -0.390. The standard InChI is InChI=1S/C18H24O4/c1-3-4-10-15-11-12-16(13-21-15)22-18(19)17(20-2)14-8-6-5-7-9-14/h5-9,11-12,15-17H,3-4,10,13H2,1-2H3/t15-,16+,17+/m1/s1. The van der Waals surface area contributed by atoms with E-state index in [1.807, 2.05) is 42.5 Å². The molecule has 0 saturated carbocycles. The predicted molar refractivity (Wildman–Crippen MR) is 84.5 cm³/mol. The normalized spacial score (nSPS) is 22.3. The van der Waals surface area contributed by atoms with Gasteiger partial charge in [0.1, 0.15) is 6.10 Å². The fraction of sp³-hybridized carbons (Fsp3) is 0.500. The van der Waals surface area contributed by atoms with Crippen molar-refractivity contribution >= 4 is 5.97 Å². The van der Waals surface area contributed by atoms with Gasteiger partial charge < -0.3 is 14.2 Å². The minimum absolute atomic E-state index is 0.141. The Morgan fingerprint density at radius 1 is 1.32 bits per heavy atom. The molecule has 0 saturated heterocycles. The topological polar surface area (TPSA) is 44.8 Å². The highest BCUT2D eigenvalue weighted by atomic mass is 16.6. The maximum Gasteiger partial charge on any atom is 0.340 e. The van der Waals surface area contributed by atoms with E-state index in [0.717, 1.165) is 24.8 Å². The van der Waals surface area contributed by atoms with Gasteiger partial charge in [-0.3, -0.25) is 0 Å². The van der Waals surface area contributed by atoms with E-state index >= 15 is 0 Å². The van der Waals surface area contributed by atoms with Crippen LogP contribution < -0.4 is 0 Å². The van der Waals surface area contributed by atoms with Crippen LogP contribution in [0.15, 0.2) is 42.5 Å². The molecule has 0 N–H and O–H groups in total. The van der Waals surface area contributed by atoms with Gasteiger partial charge in [0.2, 0.25) is 0 Å². The fourth-order valence-corrected chi connectivity index (χ4v) is 2.44. The van der Waals surface area contributed by atoms with Gasteiger partial charge in [0.15, 0.2) is 6.10 Å². The van der Waals surface area contributed by atoms with Crippen LogP contribution in [-0.4, -0.2) is 31.9 Å². The molecule has 4 nitrogen and oxygen atoms in total. The van der Waals surface area contributed by atoms with Crippen molar-refractivity contribution in [1.29, 1.82) is 0 Å². The number of methoxy groups -OCH3 is 1. The molecule has 1 aromatic carbocycles. The molecule has 0 unspecified atom stereocenters. The highest BCUT2D eigenvalue weighted by molar-refractivity contribution is 5.76. The average molecular weight is 304 g/mol. The molecule has 0 spiro atoms. The quantitative estimate of drug-likeness (QED) is 0.572. The van der Waals surface area contributed by atoms with Gasteiger partial charge in [-0.1, -0.05) is 56.2 Å². The van der Waals surface area contributed by atoms with Gasteiger partial charge >= 0.3 is 5.97 Å². The number of ether oxygens (including phenoxy) is 3. The lowest BCUT2D eigenvalue weighted by Gasteiger charge is -2.25. The summed E-state index contributed by atoms with van der Waals surface area (Å²) in [5, 5.41) is 0. The number of carbonyl (C=O) groups excluding carboxylic acids is 1. The Morgan fingerprint density at radius 3 is 2.68 bits per heavy atom. The lowest BCUT2D eigenvalue weighted by molar-refractivity contribution is -0.163. The molecule has 0 aliphatic carbocycles. The number of benzene rings is 1. The van der Waals surface area contributed by atoms with Crippen molar-refractivity contribution in [3.05, 3.63) is 48.0 Å².